The highest BCUT2D eigenvalue weighted by Gasteiger charge is 2.35. The van der Waals surface area contributed by atoms with Crippen molar-refractivity contribution in [2.24, 2.45) is 5.92 Å². The van der Waals surface area contributed by atoms with Crippen LogP contribution in [-0.4, -0.2) is 52.2 Å². The van der Waals surface area contributed by atoms with Crippen LogP contribution in [0.5, 0.6) is 11.5 Å². The molecule has 1 fully saturated rings. The molecule has 2 atom stereocenters. The number of amides is 2. The van der Waals surface area contributed by atoms with Crippen LogP contribution in [0.15, 0.2) is 18.2 Å². The lowest BCUT2D eigenvalue weighted by atomic mass is 10.1. The predicted molar refractivity (Wildman–Crippen MR) is 91.5 cm³/mol. The number of ether oxygens (including phenoxy) is 2. The maximum atomic E-state index is 12.3. The number of methoxy groups -OCH3 is 2. The number of carbonyl (C=O) groups excluding carboxylic acids is 2. The molecule has 1 saturated heterocycles. The fourth-order valence-corrected chi connectivity index (χ4v) is 2.58. The zero-order valence-electron chi connectivity index (χ0n) is 14.6. The molecule has 2 rings (SSSR count). The first-order valence-corrected chi connectivity index (χ1v) is 7.97. The molecule has 2 N–H and O–H groups in total. The van der Waals surface area contributed by atoms with Gasteiger partial charge in [0.15, 0.2) is 0 Å². The number of rotatable bonds is 7. The van der Waals surface area contributed by atoms with Gasteiger partial charge >= 0.3 is 0 Å². The van der Waals surface area contributed by atoms with Crippen LogP contribution in [0, 0.1) is 5.92 Å². The van der Waals surface area contributed by atoms with Gasteiger partial charge in [0.2, 0.25) is 11.8 Å². The molecule has 24 heavy (non-hydrogen) atoms. The molecule has 132 valence electrons. The topological polar surface area (TPSA) is 79.9 Å². The third-order valence-corrected chi connectivity index (χ3v) is 4.22. The summed E-state index contributed by atoms with van der Waals surface area (Å²) in [7, 11) is 4.96. The van der Waals surface area contributed by atoms with Gasteiger partial charge in [-0.05, 0) is 14.0 Å². The summed E-state index contributed by atoms with van der Waals surface area (Å²) in [5.74, 6) is 0.689. The van der Waals surface area contributed by atoms with Crippen LogP contribution in [0.4, 0.5) is 5.69 Å². The van der Waals surface area contributed by atoms with E-state index < -0.39 is 0 Å². The number of carbonyl (C=O) groups is 2. The average molecular weight is 335 g/mol. The van der Waals surface area contributed by atoms with Crippen LogP contribution in [0.2, 0.25) is 0 Å². The Balaban J connectivity index is 2.08. The van der Waals surface area contributed by atoms with Gasteiger partial charge in [-0.3, -0.25) is 9.59 Å². The van der Waals surface area contributed by atoms with Crippen LogP contribution in [0.3, 0.4) is 0 Å². The van der Waals surface area contributed by atoms with Crippen LogP contribution in [0.25, 0.3) is 0 Å². The van der Waals surface area contributed by atoms with Gasteiger partial charge in [0.25, 0.3) is 0 Å². The van der Waals surface area contributed by atoms with Crippen molar-refractivity contribution in [2.45, 2.75) is 19.4 Å². The van der Waals surface area contributed by atoms with Crippen molar-refractivity contribution < 1.29 is 19.1 Å². The average Bonchev–Trinajstić information content (AvgIpc) is 3.00. The van der Waals surface area contributed by atoms with Crippen molar-refractivity contribution in [1.82, 2.24) is 10.6 Å². The molecule has 2 amide bonds. The Kier molecular flexibility index (Phi) is 6.03. The second kappa shape index (κ2) is 8.01. The summed E-state index contributed by atoms with van der Waals surface area (Å²) >= 11 is 0. The minimum Gasteiger partial charge on any atom is -0.497 e. The van der Waals surface area contributed by atoms with Gasteiger partial charge in [0, 0.05) is 43.8 Å². The Hall–Kier alpha value is -2.28. The van der Waals surface area contributed by atoms with Crippen molar-refractivity contribution in [3.05, 3.63) is 18.2 Å². The largest absolute Gasteiger partial charge is 0.497 e. The molecule has 1 aliphatic rings. The van der Waals surface area contributed by atoms with E-state index in [1.165, 1.54) is 0 Å². The van der Waals surface area contributed by atoms with Gasteiger partial charge in [-0.25, -0.2) is 0 Å². The standard InChI is InChI=1S/C17H25N3O4/c1-11(18-2)9-19-17(22)12-5-16(21)20(10-12)13-6-14(23-3)8-15(7-13)24-4/h6-8,11-12,18H,5,9-10H2,1-4H3,(H,19,22). The van der Waals surface area contributed by atoms with E-state index in [-0.39, 0.29) is 30.2 Å². The minimum absolute atomic E-state index is 0.0767. The van der Waals surface area contributed by atoms with Gasteiger partial charge in [0.1, 0.15) is 11.5 Å². The Labute approximate surface area is 142 Å². The summed E-state index contributed by atoms with van der Waals surface area (Å²) in [6, 6.07) is 5.46. The molecular formula is C17H25N3O4. The monoisotopic (exact) mass is 335 g/mol. The number of nitrogens with zero attached hydrogens (tertiary/aromatic N) is 1. The van der Waals surface area contributed by atoms with Crippen LogP contribution < -0.4 is 25.0 Å². The van der Waals surface area contributed by atoms with Crippen LogP contribution in [-0.2, 0) is 9.59 Å². The smallest absolute Gasteiger partial charge is 0.227 e. The number of likely N-dealkylation sites (N-methyl/N-ethyl adjacent to an activating group) is 1. The fourth-order valence-electron chi connectivity index (χ4n) is 2.58. The lowest BCUT2D eigenvalue weighted by Crippen LogP contribution is -2.40. The van der Waals surface area contributed by atoms with E-state index in [4.69, 9.17) is 9.47 Å². The molecule has 0 saturated carbocycles. The highest BCUT2D eigenvalue weighted by atomic mass is 16.5. The number of nitrogens with one attached hydrogen (secondary N) is 2. The van der Waals surface area contributed by atoms with E-state index in [9.17, 15) is 9.59 Å². The maximum absolute atomic E-state index is 12.3. The highest BCUT2D eigenvalue weighted by molar-refractivity contribution is 6.00. The Morgan fingerprint density at radius 3 is 2.46 bits per heavy atom. The molecular weight excluding hydrogens is 310 g/mol. The molecule has 0 aliphatic carbocycles. The van der Waals surface area contributed by atoms with Crippen LogP contribution in [0.1, 0.15) is 13.3 Å². The summed E-state index contributed by atoms with van der Waals surface area (Å²) in [6.07, 6.45) is 0.208. The molecule has 0 bridgehead atoms. The molecule has 1 aliphatic heterocycles. The molecule has 0 aromatic heterocycles. The van der Waals surface area contributed by atoms with E-state index >= 15 is 0 Å². The van der Waals surface area contributed by atoms with Crippen molar-refractivity contribution in [1.29, 1.82) is 0 Å². The van der Waals surface area contributed by atoms with Crippen LogP contribution >= 0.6 is 0 Å². The Morgan fingerprint density at radius 1 is 1.29 bits per heavy atom. The van der Waals surface area contributed by atoms with Gasteiger partial charge in [-0.1, -0.05) is 0 Å². The van der Waals surface area contributed by atoms with E-state index in [1.54, 1.807) is 37.3 Å². The van der Waals surface area contributed by atoms with Gasteiger partial charge < -0.3 is 25.0 Å². The second-order valence-electron chi connectivity index (χ2n) is 5.91. The molecule has 2 unspecified atom stereocenters. The molecule has 1 aromatic carbocycles. The third kappa shape index (κ3) is 4.17. The Bertz CT molecular complexity index is 583. The summed E-state index contributed by atoms with van der Waals surface area (Å²) in [5.41, 5.74) is 0.676. The number of benzene rings is 1. The zero-order valence-corrected chi connectivity index (χ0v) is 14.6. The van der Waals surface area contributed by atoms with E-state index in [0.29, 0.717) is 30.3 Å². The maximum Gasteiger partial charge on any atom is 0.227 e. The normalized spacial score (nSPS) is 18.4. The molecule has 0 radical (unpaired) electrons. The molecule has 0 spiro atoms. The van der Waals surface area contributed by atoms with Crippen molar-refractivity contribution in [3.8, 4) is 11.5 Å². The first-order chi connectivity index (χ1) is 11.5. The highest BCUT2D eigenvalue weighted by Crippen LogP contribution is 2.32. The zero-order chi connectivity index (χ0) is 17.7. The molecule has 1 heterocycles. The van der Waals surface area contributed by atoms with E-state index in [2.05, 4.69) is 10.6 Å². The van der Waals surface area contributed by atoms with E-state index in [0.717, 1.165) is 0 Å². The third-order valence-electron chi connectivity index (χ3n) is 4.22. The van der Waals surface area contributed by atoms with Crippen molar-refractivity contribution in [2.75, 3.05) is 39.3 Å². The molecule has 7 nitrogen and oxygen atoms in total. The van der Waals surface area contributed by atoms with Gasteiger partial charge in [0.05, 0.1) is 25.8 Å². The fraction of sp³-hybridized carbons (Fsp3) is 0.529. The second-order valence-corrected chi connectivity index (χ2v) is 5.91. The van der Waals surface area contributed by atoms with Crippen molar-refractivity contribution in [3.63, 3.8) is 0 Å². The summed E-state index contributed by atoms with van der Waals surface area (Å²) in [4.78, 5) is 26.2. The number of anilines is 1. The lowest BCUT2D eigenvalue weighted by molar-refractivity contribution is -0.126. The Morgan fingerprint density at radius 2 is 1.92 bits per heavy atom. The molecule has 1 aromatic rings. The minimum atomic E-state index is -0.348. The SMILES string of the molecule is CNC(C)CNC(=O)C1CC(=O)N(c2cc(OC)cc(OC)c2)C1. The summed E-state index contributed by atoms with van der Waals surface area (Å²) in [6.45, 7) is 2.87. The van der Waals surface area contributed by atoms with Gasteiger partial charge in [-0.15, -0.1) is 0 Å². The summed E-state index contributed by atoms with van der Waals surface area (Å²) in [5, 5.41) is 5.94. The molecule has 7 heteroatoms. The number of hydrogen-bond donors (Lipinski definition) is 2. The first-order valence-electron chi connectivity index (χ1n) is 7.97. The van der Waals surface area contributed by atoms with Crippen molar-refractivity contribution >= 4 is 17.5 Å². The number of hydrogen-bond acceptors (Lipinski definition) is 5. The summed E-state index contributed by atoms with van der Waals surface area (Å²) < 4.78 is 10.5. The van der Waals surface area contributed by atoms with E-state index in [1.807, 2.05) is 14.0 Å². The van der Waals surface area contributed by atoms with Gasteiger partial charge in [-0.2, -0.15) is 0 Å². The lowest BCUT2D eigenvalue weighted by Gasteiger charge is -2.19. The quantitative estimate of drug-likeness (QED) is 0.770. The first kappa shape index (κ1) is 18.1. The predicted octanol–water partition coefficient (Wildman–Crippen LogP) is 0.781.